The number of hydrogen-bond acceptors (Lipinski definition) is 3. The van der Waals surface area contributed by atoms with Gasteiger partial charge in [-0.3, -0.25) is 9.69 Å². The van der Waals surface area contributed by atoms with Gasteiger partial charge in [-0.15, -0.1) is 0 Å². The van der Waals surface area contributed by atoms with E-state index in [1.165, 1.54) is 7.11 Å². The standard InChI is InChI=1S/C12H25NO2/c1-7-8-9(2)10(3)11(13(4)5)12(14)15-6/h9-11H,7-8H2,1-6H3. The highest BCUT2D eigenvalue weighted by Crippen LogP contribution is 2.23. The third-order valence-electron chi connectivity index (χ3n) is 3.14. The highest BCUT2D eigenvalue weighted by atomic mass is 16.5. The first-order valence-corrected chi connectivity index (χ1v) is 5.69. The van der Waals surface area contributed by atoms with Crippen LogP contribution in [0.25, 0.3) is 0 Å². The molecule has 0 aromatic rings. The molecule has 0 aliphatic heterocycles. The maximum absolute atomic E-state index is 11.6. The van der Waals surface area contributed by atoms with E-state index in [2.05, 4.69) is 20.8 Å². The van der Waals surface area contributed by atoms with Gasteiger partial charge < -0.3 is 4.74 Å². The van der Waals surface area contributed by atoms with Gasteiger partial charge in [0.05, 0.1) is 7.11 Å². The quantitative estimate of drug-likeness (QED) is 0.636. The van der Waals surface area contributed by atoms with Crippen LogP contribution in [-0.2, 0) is 9.53 Å². The first-order valence-electron chi connectivity index (χ1n) is 5.69. The van der Waals surface area contributed by atoms with Crippen LogP contribution in [0.3, 0.4) is 0 Å². The molecule has 3 nitrogen and oxygen atoms in total. The fourth-order valence-corrected chi connectivity index (χ4v) is 2.05. The molecule has 0 aliphatic carbocycles. The van der Waals surface area contributed by atoms with Crippen molar-refractivity contribution in [3.05, 3.63) is 0 Å². The minimum atomic E-state index is -0.129. The van der Waals surface area contributed by atoms with E-state index in [9.17, 15) is 4.79 Å². The molecular formula is C12H25NO2. The van der Waals surface area contributed by atoms with Crippen LogP contribution in [0.2, 0.25) is 0 Å². The third-order valence-corrected chi connectivity index (χ3v) is 3.14. The summed E-state index contributed by atoms with van der Waals surface area (Å²) in [4.78, 5) is 13.6. The maximum atomic E-state index is 11.6. The Balaban J connectivity index is 4.54. The number of nitrogens with zero attached hydrogens (tertiary/aromatic N) is 1. The number of likely N-dealkylation sites (N-methyl/N-ethyl adjacent to an activating group) is 1. The minimum absolute atomic E-state index is 0.128. The van der Waals surface area contributed by atoms with Gasteiger partial charge >= 0.3 is 5.97 Å². The van der Waals surface area contributed by atoms with Crippen LogP contribution in [0.5, 0.6) is 0 Å². The highest BCUT2D eigenvalue weighted by Gasteiger charge is 2.30. The summed E-state index contributed by atoms with van der Waals surface area (Å²) in [5.74, 6) is 0.740. The lowest BCUT2D eigenvalue weighted by molar-refractivity contribution is -0.148. The molecule has 90 valence electrons. The van der Waals surface area contributed by atoms with Crippen molar-refractivity contribution in [3.63, 3.8) is 0 Å². The third kappa shape index (κ3) is 4.20. The molecule has 0 radical (unpaired) electrons. The van der Waals surface area contributed by atoms with E-state index in [1.54, 1.807) is 0 Å². The van der Waals surface area contributed by atoms with Gasteiger partial charge in [-0.05, 0) is 25.9 Å². The maximum Gasteiger partial charge on any atom is 0.323 e. The van der Waals surface area contributed by atoms with E-state index < -0.39 is 0 Å². The number of carbonyl (C=O) groups is 1. The van der Waals surface area contributed by atoms with Crippen molar-refractivity contribution < 1.29 is 9.53 Å². The Morgan fingerprint density at radius 3 is 2.20 bits per heavy atom. The molecule has 0 heterocycles. The van der Waals surface area contributed by atoms with Crippen LogP contribution in [-0.4, -0.2) is 38.1 Å². The lowest BCUT2D eigenvalue weighted by Gasteiger charge is -2.31. The first kappa shape index (κ1) is 14.4. The fraction of sp³-hybridized carbons (Fsp3) is 0.917. The summed E-state index contributed by atoms with van der Waals surface area (Å²) in [5, 5.41) is 0. The molecule has 0 fully saturated rings. The van der Waals surface area contributed by atoms with E-state index in [-0.39, 0.29) is 12.0 Å². The largest absolute Gasteiger partial charge is 0.468 e. The number of ether oxygens (including phenoxy) is 1. The van der Waals surface area contributed by atoms with Gasteiger partial charge in [-0.2, -0.15) is 0 Å². The predicted molar refractivity (Wildman–Crippen MR) is 62.7 cm³/mol. The zero-order valence-corrected chi connectivity index (χ0v) is 10.9. The average Bonchev–Trinajstić information content (AvgIpc) is 2.17. The smallest absolute Gasteiger partial charge is 0.323 e. The van der Waals surface area contributed by atoms with Crippen molar-refractivity contribution in [3.8, 4) is 0 Å². The van der Waals surface area contributed by atoms with Crippen molar-refractivity contribution in [2.24, 2.45) is 11.8 Å². The molecule has 0 spiro atoms. The Morgan fingerprint density at radius 2 is 1.87 bits per heavy atom. The summed E-state index contributed by atoms with van der Waals surface area (Å²) in [5.41, 5.74) is 0. The van der Waals surface area contributed by atoms with E-state index in [0.717, 1.165) is 12.8 Å². The van der Waals surface area contributed by atoms with E-state index in [1.807, 2.05) is 19.0 Å². The molecule has 0 rings (SSSR count). The summed E-state index contributed by atoms with van der Waals surface area (Å²) in [6.45, 7) is 6.50. The summed E-state index contributed by atoms with van der Waals surface area (Å²) < 4.78 is 4.84. The monoisotopic (exact) mass is 215 g/mol. The molecule has 3 atom stereocenters. The molecule has 15 heavy (non-hydrogen) atoms. The van der Waals surface area contributed by atoms with Gasteiger partial charge in [0, 0.05) is 0 Å². The summed E-state index contributed by atoms with van der Waals surface area (Å²) >= 11 is 0. The van der Waals surface area contributed by atoms with Gasteiger partial charge in [0.25, 0.3) is 0 Å². The van der Waals surface area contributed by atoms with Crippen molar-refractivity contribution in [2.45, 2.75) is 39.7 Å². The molecule has 0 saturated carbocycles. The Kier molecular flexibility index (Phi) is 6.57. The molecule has 0 aromatic heterocycles. The van der Waals surface area contributed by atoms with Crippen molar-refractivity contribution in [1.29, 1.82) is 0 Å². The number of carbonyl (C=O) groups excluding carboxylic acids is 1. The normalized spacial score (nSPS) is 17.3. The Hall–Kier alpha value is -0.570. The van der Waals surface area contributed by atoms with Crippen LogP contribution in [0.4, 0.5) is 0 Å². The second-order valence-electron chi connectivity index (χ2n) is 4.56. The molecule has 0 saturated heterocycles. The van der Waals surface area contributed by atoms with Crippen LogP contribution in [0.15, 0.2) is 0 Å². The Morgan fingerprint density at radius 1 is 1.33 bits per heavy atom. The molecule has 3 heteroatoms. The molecule has 3 unspecified atom stereocenters. The SMILES string of the molecule is CCCC(C)C(C)C(C(=O)OC)N(C)C. The highest BCUT2D eigenvalue weighted by molar-refractivity contribution is 5.75. The van der Waals surface area contributed by atoms with Crippen LogP contribution in [0, 0.1) is 11.8 Å². The summed E-state index contributed by atoms with van der Waals surface area (Å²) in [6, 6.07) is -0.128. The van der Waals surface area contributed by atoms with Crippen molar-refractivity contribution in [2.75, 3.05) is 21.2 Å². The van der Waals surface area contributed by atoms with Gasteiger partial charge in [-0.1, -0.05) is 33.6 Å². The van der Waals surface area contributed by atoms with Crippen molar-refractivity contribution >= 4 is 5.97 Å². The topological polar surface area (TPSA) is 29.5 Å². The number of hydrogen-bond donors (Lipinski definition) is 0. The summed E-state index contributed by atoms with van der Waals surface area (Å²) in [7, 11) is 5.31. The first-order chi connectivity index (χ1) is 6.95. The molecule has 0 amide bonds. The van der Waals surface area contributed by atoms with Crippen LogP contribution in [0.1, 0.15) is 33.6 Å². The van der Waals surface area contributed by atoms with Crippen LogP contribution >= 0.6 is 0 Å². The number of rotatable bonds is 6. The molecule has 0 aromatic carbocycles. The molecule has 0 aliphatic rings. The zero-order valence-electron chi connectivity index (χ0n) is 10.9. The second kappa shape index (κ2) is 6.83. The van der Waals surface area contributed by atoms with E-state index >= 15 is 0 Å². The van der Waals surface area contributed by atoms with Gasteiger partial charge in [0.1, 0.15) is 6.04 Å². The zero-order chi connectivity index (χ0) is 12.0. The predicted octanol–water partition coefficient (Wildman–Crippen LogP) is 2.16. The fourth-order valence-electron chi connectivity index (χ4n) is 2.05. The number of esters is 1. The minimum Gasteiger partial charge on any atom is -0.468 e. The Bertz CT molecular complexity index is 192. The van der Waals surface area contributed by atoms with Gasteiger partial charge in [0.2, 0.25) is 0 Å². The molecular weight excluding hydrogens is 190 g/mol. The number of methoxy groups -OCH3 is 1. The molecule has 0 N–H and O–H groups in total. The van der Waals surface area contributed by atoms with Gasteiger partial charge in [0.15, 0.2) is 0 Å². The van der Waals surface area contributed by atoms with E-state index in [0.29, 0.717) is 11.8 Å². The summed E-state index contributed by atoms with van der Waals surface area (Å²) in [6.07, 6.45) is 2.31. The Labute approximate surface area is 93.8 Å². The van der Waals surface area contributed by atoms with Crippen molar-refractivity contribution in [1.82, 2.24) is 4.90 Å². The van der Waals surface area contributed by atoms with Crippen LogP contribution < -0.4 is 0 Å². The van der Waals surface area contributed by atoms with E-state index in [4.69, 9.17) is 4.74 Å². The lowest BCUT2D eigenvalue weighted by Crippen LogP contribution is -2.43. The lowest BCUT2D eigenvalue weighted by atomic mass is 9.85. The molecule has 0 bridgehead atoms. The average molecular weight is 215 g/mol. The van der Waals surface area contributed by atoms with Gasteiger partial charge in [-0.25, -0.2) is 0 Å². The second-order valence-corrected chi connectivity index (χ2v) is 4.56.